The van der Waals surface area contributed by atoms with Gasteiger partial charge in [-0.15, -0.1) is 0 Å². The van der Waals surface area contributed by atoms with Crippen molar-refractivity contribution in [3.05, 3.63) is 195 Å². The van der Waals surface area contributed by atoms with E-state index in [1.807, 2.05) is 0 Å². The number of rotatable bonds is 1. The molecule has 0 spiro atoms. The lowest BCUT2D eigenvalue weighted by Crippen LogP contribution is -2.52. The molecular formula is C49H40BN. The van der Waals surface area contributed by atoms with E-state index in [9.17, 15) is 0 Å². The van der Waals surface area contributed by atoms with E-state index >= 15 is 0 Å². The van der Waals surface area contributed by atoms with Gasteiger partial charge in [-0.25, -0.2) is 0 Å². The molecule has 3 heterocycles. The molecule has 2 aliphatic carbocycles. The lowest BCUT2D eigenvalue weighted by atomic mass is 9.29. The quantitative estimate of drug-likeness (QED) is 0.156. The number of hydrogen-bond acceptors (Lipinski definition) is 0. The summed E-state index contributed by atoms with van der Waals surface area (Å²) in [5.41, 5.74) is 22.0. The van der Waals surface area contributed by atoms with Crippen LogP contribution in [0.5, 0.6) is 0 Å². The average molecular weight is 654 g/mol. The highest BCUT2D eigenvalue weighted by molar-refractivity contribution is 6.93. The molecule has 1 nitrogen and oxygen atoms in total. The Balaban J connectivity index is 1.29. The van der Waals surface area contributed by atoms with Crippen molar-refractivity contribution >= 4 is 40.7 Å². The minimum atomic E-state index is -0.0934. The fourth-order valence-electron chi connectivity index (χ4n) is 9.25. The predicted octanol–water partition coefficient (Wildman–Crippen LogP) is 10.4. The van der Waals surface area contributed by atoms with Crippen LogP contribution in [0.25, 0.3) is 39.9 Å². The minimum absolute atomic E-state index is 0.0934. The Morgan fingerprint density at radius 1 is 0.588 bits per heavy atom. The number of allylic oxidation sites excluding steroid dienone is 8. The molecule has 0 amide bonds. The van der Waals surface area contributed by atoms with Gasteiger partial charge >= 0.3 is 0 Å². The molecular weight excluding hydrogens is 613 g/mol. The second-order valence-corrected chi connectivity index (χ2v) is 15.7. The van der Waals surface area contributed by atoms with Crippen molar-refractivity contribution in [3.63, 3.8) is 0 Å². The third-order valence-corrected chi connectivity index (χ3v) is 11.6. The van der Waals surface area contributed by atoms with Crippen LogP contribution < -0.4 is 10.9 Å². The van der Waals surface area contributed by atoms with E-state index in [-0.39, 0.29) is 12.1 Å². The molecule has 1 aromatic heterocycles. The van der Waals surface area contributed by atoms with Gasteiger partial charge in [-0.3, -0.25) is 0 Å². The van der Waals surface area contributed by atoms with Crippen molar-refractivity contribution in [2.45, 2.75) is 40.0 Å². The van der Waals surface area contributed by atoms with Gasteiger partial charge in [0.2, 0.25) is 6.71 Å². The van der Waals surface area contributed by atoms with Crippen LogP contribution in [0.1, 0.15) is 54.3 Å². The summed E-state index contributed by atoms with van der Waals surface area (Å²) >= 11 is 0. The molecule has 0 atom stereocenters. The Kier molecular flexibility index (Phi) is 6.80. The highest BCUT2D eigenvalue weighted by Crippen LogP contribution is 2.46. The van der Waals surface area contributed by atoms with Crippen molar-refractivity contribution in [1.29, 1.82) is 0 Å². The SMILES string of the molecule is CC(C)(C)C1=Cc2c(c3c4c(ccc3n2-c2ccccc2)-c2ccccc2C4)/C=C/C=C/C2=C3B(c4ccccc4CC3=C1)c1ccccc1C2. The molecule has 0 fully saturated rings. The predicted molar refractivity (Wildman–Crippen MR) is 218 cm³/mol. The maximum atomic E-state index is 2.57. The van der Waals surface area contributed by atoms with Gasteiger partial charge in [-0.2, -0.15) is 0 Å². The third-order valence-electron chi connectivity index (χ3n) is 11.6. The molecule has 0 radical (unpaired) electrons. The molecule has 0 unspecified atom stereocenters. The highest BCUT2D eigenvalue weighted by Gasteiger charge is 2.38. The Labute approximate surface area is 301 Å². The number of nitrogens with zero attached hydrogens (tertiary/aromatic N) is 1. The zero-order valence-corrected chi connectivity index (χ0v) is 29.6. The summed E-state index contributed by atoms with van der Waals surface area (Å²) in [6.07, 6.45) is 17.3. The van der Waals surface area contributed by atoms with E-state index in [0.717, 1.165) is 19.3 Å². The van der Waals surface area contributed by atoms with Gasteiger partial charge in [-0.05, 0) is 99.1 Å². The molecule has 0 N–H and O–H groups in total. The van der Waals surface area contributed by atoms with E-state index in [0.29, 0.717) is 0 Å². The van der Waals surface area contributed by atoms with Crippen LogP contribution in [0.3, 0.4) is 0 Å². The first kappa shape index (κ1) is 30.2. The molecule has 0 bridgehead atoms. The van der Waals surface area contributed by atoms with Gasteiger partial charge in [0.15, 0.2) is 0 Å². The van der Waals surface area contributed by atoms with Gasteiger partial charge in [0, 0.05) is 16.6 Å². The normalized spacial score (nSPS) is 17.1. The molecule has 10 rings (SSSR count). The van der Waals surface area contributed by atoms with Crippen LogP contribution in [-0.4, -0.2) is 11.3 Å². The van der Waals surface area contributed by atoms with E-state index in [1.54, 1.807) is 0 Å². The monoisotopic (exact) mass is 653 g/mol. The summed E-state index contributed by atoms with van der Waals surface area (Å²) < 4.78 is 2.51. The first-order chi connectivity index (χ1) is 24.9. The van der Waals surface area contributed by atoms with Gasteiger partial charge in [-0.1, -0.05) is 165 Å². The lowest BCUT2D eigenvalue weighted by Gasteiger charge is -2.36. The maximum Gasteiger partial charge on any atom is 0.242 e. The second-order valence-electron chi connectivity index (χ2n) is 15.7. The van der Waals surface area contributed by atoms with Crippen molar-refractivity contribution in [1.82, 2.24) is 4.57 Å². The van der Waals surface area contributed by atoms with Crippen molar-refractivity contribution in [2.75, 3.05) is 0 Å². The number of benzene rings is 5. The van der Waals surface area contributed by atoms with Crippen LogP contribution >= 0.6 is 0 Å². The summed E-state index contributed by atoms with van der Waals surface area (Å²) in [6.45, 7) is 7.36. The van der Waals surface area contributed by atoms with Crippen LogP contribution in [0.4, 0.5) is 0 Å². The summed E-state index contributed by atoms with van der Waals surface area (Å²) in [5.74, 6) is 0. The first-order valence-electron chi connectivity index (χ1n) is 18.4. The van der Waals surface area contributed by atoms with E-state index in [1.165, 1.54) is 94.3 Å². The second kappa shape index (κ2) is 11.5. The molecule has 5 aromatic carbocycles. The molecule has 0 saturated carbocycles. The molecule has 4 aliphatic rings. The Morgan fingerprint density at radius 2 is 1.25 bits per heavy atom. The maximum absolute atomic E-state index is 2.57. The fraction of sp³-hybridized carbons (Fsp3) is 0.143. The van der Waals surface area contributed by atoms with Crippen molar-refractivity contribution < 1.29 is 0 Å². The summed E-state index contributed by atoms with van der Waals surface area (Å²) in [6, 6.07) is 42.9. The van der Waals surface area contributed by atoms with Crippen molar-refractivity contribution in [2.24, 2.45) is 5.41 Å². The van der Waals surface area contributed by atoms with Gasteiger partial charge in [0.25, 0.3) is 0 Å². The molecule has 6 aromatic rings. The lowest BCUT2D eigenvalue weighted by molar-refractivity contribution is 0.519. The zero-order chi connectivity index (χ0) is 34.3. The van der Waals surface area contributed by atoms with Crippen LogP contribution in [0.15, 0.2) is 162 Å². The van der Waals surface area contributed by atoms with E-state index in [4.69, 9.17) is 0 Å². The van der Waals surface area contributed by atoms with Crippen LogP contribution in [-0.2, 0) is 19.3 Å². The average Bonchev–Trinajstić information content (AvgIpc) is 3.67. The van der Waals surface area contributed by atoms with E-state index < -0.39 is 0 Å². The minimum Gasteiger partial charge on any atom is -0.309 e. The summed E-state index contributed by atoms with van der Waals surface area (Å²) in [4.78, 5) is 0. The number of fused-ring (bicyclic) bond motifs is 11. The molecule has 2 heteroatoms. The topological polar surface area (TPSA) is 4.93 Å². The molecule has 0 saturated heterocycles. The summed E-state index contributed by atoms with van der Waals surface area (Å²) in [7, 11) is 0. The molecule has 51 heavy (non-hydrogen) atoms. The summed E-state index contributed by atoms with van der Waals surface area (Å²) in [5, 5.41) is 1.36. The van der Waals surface area contributed by atoms with Gasteiger partial charge < -0.3 is 4.57 Å². The smallest absolute Gasteiger partial charge is 0.242 e. The number of aromatic nitrogens is 1. The Morgan fingerprint density at radius 3 is 2.02 bits per heavy atom. The largest absolute Gasteiger partial charge is 0.309 e. The Hall–Kier alpha value is -5.60. The first-order valence-corrected chi connectivity index (χ1v) is 18.4. The number of para-hydroxylation sites is 1. The van der Waals surface area contributed by atoms with Crippen LogP contribution in [0, 0.1) is 5.41 Å². The van der Waals surface area contributed by atoms with E-state index in [2.05, 4.69) is 177 Å². The highest BCUT2D eigenvalue weighted by atomic mass is 15.0. The molecule has 244 valence electrons. The van der Waals surface area contributed by atoms with Crippen molar-refractivity contribution in [3.8, 4) is 16.8 Å². The fourth-order valence-corrected chi connectivity index (χ4v) is 9.25. The molecule has 2 aliphatic heterocycles. The Bertz CT molecular complexity index is 2580. The third kappa shape index (κ3) is 4.77. The van der Waals surface area contributed by atoms with Crippen LogP contribution in [0.2, 0.25) is 0 Å². The zero-order valence-electron chi connectivity index (χ0n) is 29.6. The van der Waals surface area contributed by atoms with Gasteiger partial charge in [0.1, 0.15) is 0 Å². The number of hydrogen-bond donors (Lipinski definition) is 0. The standard InChI is InChI=1S/C49H40BN/c1-49(2,3)37-29-36-28-34-17-10-14-24-44(34)50-43-23-13-9-16-33(43)27-35(48(36)50)18-8-12-22-41-46(31-37)51(38-19-5-4-6-20-38)45-26-25-40-39-21-11-7-15-32(39)30-42(40)47(41)45/h4-26,29,31H,27-28,30H2,1-3H3/b12-8?,18-8+,22-12+,35-18?,36-29?,37-29?,37-31?,41-22?,46-31?. The van der Waals surface area contributed by atoms with Gasteiger partial charge in [0.05, 0.1) is 11.2 Å².